The largest absolute Gasteiger partial charge is 0.507 e. The second-order valence-corrected chi connectivity index (χ2v) is 10.4. The molecule has 0 unspecified atom stereocenters. The zero-order chi connectivity index (χ0) is 40.9. The molecule has 0 amide bonds. The fourth-order valence-electron chi connectivity index (χ4n) is 3.67. The summed E-state index contributed by atoms with van der Waals surface area (Å²) in [6, 6.07) is 12.6. The van der Waals surface area contributed by atoms with Gasteiger partial charge in [0.2, 0.25) is 0 Å². The normalized spacial score (nSPS) is 9.12. The number of nitrogen functional groups attached to an aromatic ring is 2. The number of carboxylic acids is 2. The molecule has 14 nitrogen and oxygen atoms in total. The summed E-state index contributed by atoms with van der Waals surface area (Å²) in [4.78, 5) is 54.3. The van der Waals surface area contributed by atoms with Crippen LogP contribution in [0.2, 0.25) is 0 Å². The predicted molar refractivity (Wildman–Crippen MR) is 207 cm³/mol. The van der Waals surface area contributed by atoms with Crippen molar-refractivity contribution in [3.05, 3.63) is 101 Å². The van der Waals surface area contributed by atoms with E-state index in [1.807, 2.05) is 25.2 Å². The number of nitrogens with two attached hydrogens (primary N) is 2. The van der Waals surface area contributed by atoms with E-state index in [2.05, 4.69) is 16.4 Å². The maximum Gasteiger partial charge on any atom is 0.341 e. The second kappa shape index (κ2) is 39.8. The quantitative estimate of drug-likeness (QED) is 0.0404. The third kappa shape index (κ3) is 30.7. The van der Waals surface area contributed by atoms with Crippen molar-refractivity contribution in [2.45, 2.75) is 67.2 Å². The Hall–Kier alpha value is -3.04. The molecule has 0 aliphatic heterocycles. The van der Waals surface area contributed by atoms with E-state index < -0.39 is 23.9 Å². The number of rotatable bonds is 12. The number of benzene rings is 3. The molecule has 0 fully saturated rings. The minimum Gasteiger partial charge on any atom is -0.507 e. The first-order valence-electron chi connectivity index (χ1n) is 16.5. The van der Waals surface area contributed by atoms with Crippen molar-refractivity contribution in [2.75, 3.05) is 25.7 Å². The van der Waals surface area contributed by atoms with Gasteiger partial charge in [0.15, 0.2) is 0 Å². The third-order valence-corrected chi connectivity index (χ3v) is 6.21. The SMILES string of the molecule is C.C.CC/C=C\CC(=O)Cc1ccc(O)c(C(=O)OC)c1.CCC/C=C\CC(=O)O.COC(=O)c1cc(N)ccc1O.Nc1ccc(O)c(C(=O)O)c1.[3H][3H].[U].[U].[V].[V]. The van der Waals surface area contributed by atoms with E-state index in [9.17, 15) is 34.2 Å². The number of ketones is 1. The Morgan fingerprint density at radius 1 is 0.667 bits per heavy atom. The van der Waals surface area contributed by atoms with Crippen LogP contribution >= 0.6 is 0 Å². The summed E-state index contributed by atoms with van der Waals surface area (Å²) in [5.41, 5.74) is 12.1. The Kier molecular flexibility index (Phi) is 45.9. The minimum absolute atomic E-state index is 0. The number of allylic oxidation sites excluding steroid dienone is 3. The van der Waals surface area contributed by atoms with Gasteiger partial charge in [0.05, 0.1) is 20.6 Å². The van der Waals surface area contributed by atoms with Crippen LogP contribution in [0.15, 0.2) is 78.9 Å². The Morgan fingerprint density at radius 3 is 1.49 bits per heavy atom. The van der Waals surface area contributed by atoms with Crippen LogP contribution in [0.5, 0.6) is 17.2 Å². The monoisotopic (exact) mass is 1330 g/mol. The fraction of sp³-hybridized carbons (Fsp3) is 0.308. The van der Waals surface area contributed by atoms with Gasteiger partial charge >= 0.3 is 23.9 Å². The average molecular weight is 1330 g/mol. The number of ether oxygens (including phenoxy) is 2. The van der Waals surface area contributed by atoms with E-state index in [0.717, 1.165) is 19.3 Å². The van der Waals surface area contributed by atoms with Gasteiger partial charge in [0.1, 0.15) is 39.7 Å². The zero-order valence-corrected chi connectivity index (χ0v) is 42.0. The van der Waals surface area contributed by atoms with E-state index in [-0.39, 0.29) is 167 Å². The molecule has 9 N–H and O–H groups in total. The van der Waals surface area contributed by atoms with Crippen molar-refractivity contribution in [1.29, 1.82) is 0 Å². The molecule has 18 heteroatoms. The number of esters is 2. The molecule has 57 heavy (non-hydrogen) atoms. The number of aliphatic carboxylic acids is 1. The maximum absolute atomic E-state index is 11.7. The smallest absolute Gasteiger partial charge is 0.341 e. The third-order valence-electron chi connectivity index (χ3n) is 6.21. The number of phenolic OH excluding ortho intramolecular Hbond substituents is 2. The van der Waals surface area contributed by atoms with Crippen LogP contribution in [0.1, 0.15) is 100 Å². The Labute approximate surface area is 409 Å². The number of aromatic carboxylic acids is 1. The van der Waals surface area contributed by atoms with Crippen LogP contribution in [0.4, 0.5) is 11.4 Å². The predicted octanol–water partition coefficient (Wildman–Crippen LogP) is 7.41. The van der Waals surface area contributed by atoms with Crippen LogP contribution in [0.3, 0.4) is 0 Å². The zero-order valence-electron chi connectivity index (χ0n) is 32.9. The number of methoxy groups -OCH3 is 2. The van der Waals surface area contributed by atoms with Gasteiger partial charge in [-0.25, -0.2) is 14.4 Å². The summed E-state index contributed by atoms with van der Waals surface area (Å²) in [7, 11) is 2.49. The van der Waals surface area contributed by atoms with Crippen molar-refractivity contribution in [3.63, 3.8) is 0 Å². The number of carbonyl (C=O) groups is 5. The van der Waals surface area contributed by atoms with Gasteiger partial charge in [-0.3, -0.25) is 9.59 Å². The summed E-state index contributed by atoms with van der Waals surface area (Å²) in [6.45, 7) is 4.06. The van der Waals surface area contributed by atoms with Crippen molar-refractivity contribution < 1.29 is 161 Å². The Balaban J connectivity index is -0.0000000966. The number of phenols is 3. The van der Waals surface area contributed by atoms with Crippen molar-refractivity contribution in [2.24, 2.45) is 0 Å². The maximum atomic E-state index is 11.7. The molecular formula is C39H56N2O12U2V2. The van der Waals surface area contributed by atoms with E-state index in [1.165, 1.54) is 62.8 Å². The molecule has 2 radical (unpaired) electrons. The van der Waals surface area contributed by atoms with Crippen molar-refractivity contribution in [3.8, 4) is 17.2 Å². The molecule has 0 bridgehead atoms. The van der Waals surface area contributed by atoms with Crippen molar-refractivity contribution in [1.82, 2.24) is 0 Å². The number of hydrogen-bond donors (Lipinski definition) is 7. The minimum atomic E-state index is -1.19. The van der Waals surface area contributed by atoms with Crippen LogP contribution in [0.25, 0.3) is 0 Å². The van der Waals surface area contributed by atoms with Gasteiger partial charge in [-0.2, -0.15) is 0 Å². The molecule has 312 valence electrons. The Morgan fingerprint density at radius 2 is 1.09 bits per heavy atom. The number of Topliss-reactive ketones (excluding diaryl/α,β-unsaturated/α-hetero) is 1. The molecule has 3 aromatic carbocycles. The summed E-state index contributed by atoms with van der Waals surface area (Å²) in [5, 5.41) is 44.3. The Bertz CT molecular complexity index is 1700. The second-order valence-electron chi connectivity index (χ2n) is 10.4. The van der Waals surface area contributed by atoms with Crippen LogP contribution in [0, 0.1) is 62.2 Å². The molecule has 0 atom stereocenters. The number of carboxylic acid groups (broad SMARTS) is 2. The van der Waals surface area contributed by atoms with E-state index in [1.54, 1.807) is 12.1 Å². The molecule has 0 aromatic heterocycles. The van der Waals surface area contributed by atoms with Crippen LogP contribution in [-0.2, 0) is 62.6 Å². The molecule has 3 aromatic rings. The van der Waals surface area contributed by atoms with Gasteiger partial charge in [-0.15, -0.1) is 0 Å². The molecule has 0 aliphatic rings. The van der Waals surface area contributed by atoms with E-state index in [4.69, 9.17) is 29.8 Å². The molecule has 0 saturated carbocycles. The number of aromatic hydroxyl groups is 3. The van der Waals surface area contributed by atoms with E-state index in [0.29, 0.717) is 23.4 Å². The number of hydrogen-bond acceptors (Lipinski definition) is 12. The summed E-state index contributed by atoms with van der Waals surface area (Å²) in [5.74, 6) is -3.64. The average Bonchev–Trinajstić information content (AvgIpc) is 3.14. The number of carbonyl (C=O) groups excluding carboxylic acids is 3. The van der Waals surface area contributed by atoms with E-state index >= 15 is 0 Å². The molecule has 0 spiro atoms. The molecule has 0 heterocycles. The van der Waals surface area contributed by atoms with Gasteiger partial charge in [-0.05, 0) is 66.9 Å². The first-order chi connectivity index (χ1) is 25.1. The summed E-state index contributed by atoms with van der Waals surface area (Å²) >= 11 is 0. The topological polar surface area (TPSA) is 257 Å². The van der Waals surface area contributed by atoms with Crippen molar-refractivity contribution >= 4 is 41.0 Å². The summed E-state index contributed by atoms with van der Waals surface area (Å²) < 4.78 is 19.0. The van der Waals surface area contributed by atoms with Gasteiger partial charge in [-0.1, -0.05) is 65.5 Å². The number of anilines is 2. The van der Waals surface area contributed by atoms with Gasteiger partial charge in [0.25, 0.3) is 0 Å². The van der Waals surface area contributed by atoms with Gasteiger partial charge < -0.3 is 46.5 Å². The fourth-order valence-corrected chi connectivity index (χ4v) is 3.67. The first kappa shape index (κ1) is 65.8. The molecule has 0 aliphatic carbocycles. The molecule has 0 saturated heterocycles. The standard InChI is InChI=1S/C15H18O4.C8H9NO3.C7H7NO3.C7H12O2.2CH4.2U.2V.H2/c1-3-4-5-6-12(16)9-11-7-8-14(17)13(10-11)15(18)19-2;1-12-8(11)6-4-5(9)2-3-7(6)10;8-4-1-2-6(9)5(3-4)7(10)11;1-2-3-4-5-6-7(8)9;;;;;;;/h4-5,7-8,10,17H,3,6,9H2,1-2H3;2-4,10H,9H2,1H3;1-3,9H,8H2,(H,10,11);4-5H,2-3,6H2,1H3,(H,8,9);2*1H4;;;;;1H/b5-4-;;;5-4-;;;;;;;/i;;;;;;;;;;1+2T. The number of unbranched alkanes of at least 4 members (excludes halogenated alkanes) is 1. The van der Waals surface area contributed by atoms with Crippen LogP contribution < -0.4 is 11.5 Å². The molecular weight excluding hydrogens is 1270 g/mol. The first-order valence-corrected chi connectivity index (χ1v) is 15.5. The van der Waals surface area contributed by atoms with Gasteiger partial charge in [0, 0.05) is 127 Å². The molecule has 3 rings (SSSR count). The van der Waals surface area contributed by atoms with Crippen LogP contribution in [-0.4, -0.2) is 69.4 Å². The summed E-state index contributed by atoms with van der Waals surface area (Å²) in [6.07, 6.45) is 11.1.